The molecule has 2 N–H and O–H groups in total. The van der Waals surface area contributed by atoms with Gasteiger partial charge in [-0.05, 0) is 25.2 Å². The number of amides is 1. The molecule has 3 rings (SSSR count). The molecule has 3 atom stereocenters. The third kappa shape index (κ3) is 1.66. The van der Waals surface area contributed by atoms with E-state index in [0.717, 1.165) is 32.1 Å². The summed E-state index contributed by atoms with van der Waals surface area (Å²) in [5.41, 5.74) is 0. The van der Waals surface area contributed by atoms with Crippen LogP contribution in [0.15, 0.2) is 0 Å². The molecule has 3 unspecified atom stereocenters. The average Bonchev–Trinajstić information content (AvgIpc) is 2.91. The molecule has 1 saturated carbocycles. The Morgan fingerprint density at radius 3 is 2.80 bits per heavy atom. The summed E-state index contributed by atoms with van der Waals surface area (Å²) < 4.78 is 0. The molecule has 2 heterocycles. The topological polar surface area (TPSA) is 44.4 Å². The minimum Gasteiger partial charge on any atom is -0.338 e. The van der Waals surface area contributed by atoms with Crippen molar-refractivity contribution in [2.45, 2.75) is 31.3 Å². The molecular weight excluding hydrogens is 190 g/mol. The van der Waals surface area contributed by atoms with Crippen LogP contribution in [0.3, 0.4) is 0 Å². The largest absolute Gasteiger partial charge is 0.338 e. The monoisotopic (exact) mass is 209 g/mol. The van der Waals surface area contributed by atoms with Crippen molar-refractivity contribution < 1.29 is 4.79 Å². The van der Waals surface area contributed by atoms with Gasteiger partial charge in [0.2, 0.25) is 5.91 Å². The molecular formula is C11H19N3O. The fourth-order valence-electron chi connectivity index (χ4n) is 3.22. The fourth-order valence-corrected chi connectivity index (χ4v) is 3.22. The van der Waals surface area contributed by atoms with E-state index < -0.39 is 0 Å². The number of rotatable bonds is 1. The molecule has 3 fully saturated rings. The Balaban J connectivity index is 1.64. The molecule has 0 radical (unpaired) electrons. The summed E-state index contributed by atoms with van der Waals surface area (Å²) in [5, 5.41) is 6.57. The van der Waals surface area contributed by atoms with E-state index in [4.69, 9.17) is 0 Å². The van der Waals surface area contributed by atoms with Crippen LogP contribution in [0.2, 0.25) is 0 Å². The lowest BCUT2D eigenvalue weighted by atomic mass is 10.1. The Bertz CT molecular complexity index is 263. The highest BCUT2D eigenvalue weighted by Gasteiger charge is 2.42. The van der Waals surface area contributed by atoms with E-state index in [2.05, 4.69) is 15.5 Å². The molecule has 0 spiro atoms. The van der Waals surface area contributed by atoms with Crippen LogP contribution in [-0.2, 0) is 4.79 Å². The number of carbonyl (C=O) groups is 1. The van der Waals surface area contributed by atoms with Gasteiger partial charge in [0, 0.05) is 32.2 Å². The van der Waals surface area contributed by atoms with Crippen molar-refractivity contribution in [2.24, 2.45) is 5.92 Å². The van der Waals surface area contributed by atoms with Gasteiger partial charge in [-0.2, -0.15) is 0 Å². The predicted molar refractivity (Wildman–Crippen MR) is 57.5 cm³/mol. The van der Waals surface area contributed by atoms with Crippen LogP contribution in [0.25, 0.3) is 0 Å². The summed E-state index contributed by atoms with van der Waals surface area (Å²) in [6, 6.07) is 0.587. The van der Waals surface area contributed by atoms with Crippen molar-refractivity contribution in [2.75, 3.05) is 26.2 Å². The number of carbonyl (C=O) groups excluding carboxylic acids is 1. The molecule has 2 saturated heterocycles. The molecule has 1 amide bonds. The minimum absolute atomic E-state index is 0.0260. The summed E-state index contributed by atoms with van der Waals surface area (Å²) in [5.74, 6) is 1.13. The molecule has 1 aliphatic carbocycles. The summed E-state index contributed by atoms with van der Waals surface area (Å²) >= 11 is 0. The van der Waals surface area contributed by atoms with E-state index in [0.29, 0.717) is 11.9 Å². The number of nitrogens with zero attached hydrogens (tertiary/aromatic N) is 1. The molecule has 0 aromatic heterocycles. The Labute approximate surface area is 90.4 Å². The van der Waals surface area contributed by atoms with Crippen molar-refractivity contribution >= 4 is 5.91 Å². The number of hydrogen-bond acceptors (Lipinski definition) is 3. The first-order valence-corrected chi connectivity index (χ1v) is 6.09. The summed E-state index contributed by atoms with van der Waals surface area (Å²) in [4.78, 5) is 14.3. The first-order valence-electron chi connectivity index (χ1n) is 6.09. The van der Waals surface area contributed by atoms with Crippen molar-refractivity contribution in [3.8, 4) is 0 Å². The molecule has 0 aromatic rings. The van der Waals surface area contributed by atoms with Gasteiger partial charge >= 0.3 is 0 Å². The maximum absolute atomic E-state index is 12.2. The van der Waals surface area contributed by atoms with Crippen LogP contribution in [-0.4, -0.2) is 49.1 Å². The van der Waals surface area contributed by atoms with Gasteiger partial charge in [-0.3, -0.25) is 4.79 Å². The Kier molecular flexibility index (Phi) is 2.41. The van der Waals surface area contributed by atoms with Gasteiger partial charge in [0.05, 0.1) is 6.04 Å². The molecule has 2 aliphatic heterocycles. The maximum atomic E-state index is 12.2. The van der Waals surface area contributed by atoms with Crippen molar-refractivity contribution in [3.63, 3.8) is 0 Å². The average molecular weight is 209 g/mol. The zero-order chi connectivity index (χ0) is 10.3. The SMILES string of the molecule is O=C(C1CNCCN1)N1CC2CCC1C2. The first-order chi connectivity index (χ1) is 7.34. The van der Waals surface area contributed by atoms with Crippen molar-refractivity contribution in [1.29, 1.82) is 0 Å². The van der Waals surface area contributed by atoms with Crippen molar-refractivity contribution in [3.05, 3.63) is 0 Å². The van der Waals surface area contributed by atoms with Crippen LogP contribution >= 0.6 is 0 Å². The van der Waals surface area contributed by atoms with E-state index in [1.54, 1.807) is 0 Å². The van der Waals surface area contributed by atoms with Crippen LogP contribution < -0.4 is 10.6 Å². The molecule has 3 aliphatic rings. The summed E-state index contributed by atoms with van der Waals surface area (Å²) in [6.45, 7) is 3.71. The number of piperidine rings is 1. The molecule has 0 aromatic carbocycles. The molecule has 15 heavy (non-hydrogen) atoms. The Morgan fingerprint density at radius 1 is 1.27 bits per heavy atom. The highest BCUT2D eigenvalue weighted by atomic mass is 16.2. The number of hydrogen-bond donors (Lipinski definition) is 2. The lowest BCUT2D eigenvalue weighted by Crippen LogP contribution is -2.57. The smallest absolute Gasteiger partial charge is 0.241 e. The lowest BCUT2D eigenvalue weighted by molar-refractivity contribution is -0.135. The van der Waals surface area contributed by atoms with Crippen LogP contribution in [0.1, 0.15) is 19.3 Å². The quantitative estimate of drug-likeness (QED) is 0.615. The van der Waals surface area contributed by atoms with Crippen molar-refractivity contribution in [1.82, 2.24) is 15.5 Å². The van der Waals surface area contributed by atoms with E-state index in [9.17, 15) is 4.79 Å². The Morgan fingerprint density at radius 2 is 2.20 bits per heavy atom. The second kappa shape index (κ2) is 3.76. The molecule has 4 nitrogen and oxygen atoms in total. The highest BCUT2D eigenvalue weighted by molar-refractivity contribution is 5.83. The second-order valence-corrected chi connectivity index (χ2v) is 5.03. The fraction of sp³-hybridized carbons (Fsp3) is 0.909. The zero-order valence-electron chi connectivity index (χ0n) is 9.04. The van der Waals surface area contributed by atoms with Gasteiger partial charge in [0.1, 0.15) is 0 Å². The summed E-state index contributed by atoms with van der Waals surface area (Å²) in [6.07, 6.45) is 3.83. The first kappa shape index (κ1) is 9.60. The Hall–Kier alpha value is -0.610. The highest BCUT2D eigenvalue weighted by Crippen LogP contribution is 2.37. The van der Waals surface area contributed by atoms with Gasteiger partial charge in [0.15, 0.2) is 0 Å². The number of likely N-dealkylation sites (tertiary alicyclic amines) is 1. The third-order valence-corrected chi connectivity index (χ3v) is 4.03. The van der Waals surface area contributed by atoms with Crippen LogP contribution in [0.4, 0.5) is 0 Å². The van der Waals surface area contributed by atoms with E-state index in [-0.39, 0.29) is 6.04 Å². The number of piperazine rings is 1. The van der Waals surface area contributed by atoms with E-state index in [1.807, 2.05) is 0 Å². The van der Waals surface area contributed by atoms with E-state index in [1.165, 1.54) is 19.3 Å². The maximum Gasteiger partial charge on any atom is 0.241 e. The zero-order valence-corrected chi connectivity index (χ0v) is 9.04. The lowest BCUT2D eigenvalue weighted by Gasteiger charge is -2.33. The standard InChI is InChI=1S/C11H19N3O/c15-11(10-6-12-3-4-13-10)14-7-8-1-2-9(14)5-8/h8-10,12-13H,1-7H2. The van der Waals surface area contributed by atoms with Gasteiger partial charge in [-0.25, -0.2) is 0 Å². The van der Waals surface area contributed by atoms with Gasteiger partial charge in [-0.1, -0.05) is 0 Å². The van der Waals surface area contributed by atoms with Gasteiger partial charge in [0.25, 0.3) is 0 Å². The number of fused-ring (bicyclic) bond motifs is 2. The molecule has 2 bridgehead atoms. The van der Waals surface area contributed by atoms with Gasteiger partial charge < -0.3 is 15.5 Å². The third-order valence-electron chi connectivity index (χ3n) is 4.03. The number of nitrogens with one attached hydrogen (secondary N) is 2. The van der Waals surface area contributed by atoms with Gasteiger partial charge in [-0.15, -0.1) is 0 Å². The van der Waals surface area contributed by atoms with Crippen LogP contribution in [0, 0.1) is 5.92 Å². The molecule has 84 valence electrons. The van der Waals surface area contributed by atoms with E-state index >= 15 is 0 Å². The second-order valence-electron chi connectivity index (χ2n) is 5.03. The minimum atomic E-state index is 0.0260. The molecule has 4 heteroatoms. The van der Waals surface area contributed by atoms with Crippen LogP contribution in [0.5, 0.6) is 0 Å². The normalized spacial score (nSPS) is 39.7. The summed E-state index contributed by atoms with van der Waals surface area (Å²) in [7, 11) is 0. The predicted octanol–water partition coefficient (Wildman–Crippen LogP) is -0.441.